The maximum Gasteiger partial charge on any atom is 0.347 e. The van der Waals surface area contributed by atoms with Crippen LogP contribution >= 0.6 is 11.3 Å². The molecule has 8 nitrogen and oxygen atoms in total. The first-order valence-corrected chi connectivity index (χ1v) is 8.79. The van der Waals surface area contributed by atoms with E-state index in [0.29, 0.717) is 17.9 Å². The third kappa shape index (κ3) is 6.80. The van der Waals surface area contributed by atoms with Gasteiger partial charge in [0.2, 0.25) is 0 Å². The lowest BCUT2D eigenvalue weighted by atomic mass is 10.2. The van der Waals surface area contributed by atoms with Gasteiger partial charge < -0.3 is 14.8 Å². The van der Waals surface area contributed by atoms with E-state index in [1.807, 2.05) is 23.6 Å². The molecule has 1 atom stereocenters. The van der Waals surface area contributed by atoms with Gasteiger partial charge in [0.15, 0.2) is 12.7 Å². The second-order valence-electron chi connectivity index (χ2n) is 5.31. The third-order valence-electron chi connectivity index (χ3n) is 3.23. The van der Waals surface area contributed by atoms with Gasteiger partial charge in [0, 0.05) is 4.88 Å². The highest BCUT2D eigenvalue weighted by Crippen LogP contribution is 2.13. The third-order valence-corrected chi connectivity index (χ3v) is 4.11. The van der Waals surface area contributed by atoms with Crippen LogP contribution in [0, 0.1) is 11.3 Å². The van der Waals surface area contributed by atoms with E-state index in [9.17, 15) is 14.4 Å². The van der Waals surface area contributed by atoms with Crippen LogP contribution in [0.3, 0.4) is 0 Å². The molecule has 0 saturated carbocycles. The van der Waals surface area contributed by atoms with Gasteiger partial charge in [-0.2, -0.15) is 5.26 Å². The fourth-order valence-corrected chi connectivity index (χ4v) is 2.55. The standard InChI is InChI=1S/C18H17N3O5S/c1-12(26-14-6-4-13(9-19)5-7-14)17(23)25-11-16(22)21-18(24)20-10-15-3-2-8-27-15/h2-8,12H,10-11H2,1H3,(H2,20,21,22,24). The van der Waals surface area contributed by atoms with E-state index in [-0.39, 0.29) is 0 Å². The molecule has 27 heavy (non-hydrogen) atoms. The molecule has 1 heterocycles. The van der Waals surface area contributed by atoms with Crippen LogP contribution in [-0.2, 0) is 20.9 Å². The summed E-state index contributed by atoms with van der Waals surface area (Å²) in [5, 5.41) is 15.2. The van der Waals surface area contributed by atoms with Gasteiger partial charge in [0.25, 0.3) is 5.91 Å². The molecule has 0 radical (unpaired) electrons. The van der Waals surface area contributed by atoms with E-state index in [4.69, 9.17) is 14.7 Å². The monoisotopic (exact) mass is 387 g/mol. The van der Waals surface area contributed by atoms with Crippen molar-refractivity contribution in [1.29, 1.82) is 5.26 Å². The van der Waals surface area contributed by atoms with Crippen LogP contribution in [0.1, 0.15) is 17.4 Å². The molecule has 2 rings (SSSR count). The van der Waals surface area contributed by atoms with Gasteiger partial charge in [0.05, 0.1) is 18.2 Å². The van der Waals surface area contributed by atoms with Crippen molar-refractivity contribution in [3.8, 4) is 11.8 Å². The number of nitrogens with zero attached hydrogens (tertiary/aromatic N) is 1. The largest absolute Gasteiger partial charge is 0.479 e. The number of benzene rings is 1. The number of hydrogen-bond acceptors (Lipinski definition) is 7. The smallest absolute Gasteiger partial charge is 0.347 e. The summed E-state index contributed by atoms with van der Waals surface area (Å²) in [5.74, 6) is -1.12. The zero-order valence-electron chi connectivity index (χ0n) is 14.4. The van der Waals surface area contributed by atoms with E-state index in [1.54, 1.807) is 24.3 Å². The maximum atomic E-state index is 11.9. The Kier molecular flexibility index (Phi) is 7.34. The summed E-state index contributed by atoms with van der Waals surface area (Å²) in [7, 11) is 0. The molecule has 140 valence electrons. The fraction of sp³-hybridized carbons (Fsp3) is 0.222. The Morgan fingerprint density at radius 3 is 2.59 bits per heavy atom. The minimum atomic E-state index is -0.960. The number of rotatable bonds is 7. The Morgan fingerprint density at radius 2 is 1.96 bits per heavy atom. The summed E-state index contributed by atoms with van der Waals surface area (Å²) >= 11 is 1.48. The second kappa shape index (κ2) is 9.94. The minimum Gasteiger partial charge on any atom is -0.479 e. The number of amides is 3. The molecule has 0 fully saturated rings. The molecule has 0 bridgehead atoms. The van der Waals surface area contributed by atoms with Gasteiger partial charge in [-0.25, -0.2) is 9.59 Å². The van der Waals surface area contributed by atoms with Gasteiger partial charge in [0.1, 0.15) is 5.75 Å². The van der Waals surface area contributed by atoms with Crippen LogP contribution in [0.5, 0.6) is 5.75 Å². The molecule has 1 unspecified atom stereocenters. The molecular weight excluding hydrogens is 370 g/mol. The molecule has 0 spiro atoms. The molecule has 3 amide bonds. The molecular formula is C18H17N3O5S. The van der Waals surface area contributed by atoms with Crippen molar-refractivity contribution in [2.45, 2.75) is 19.6 Å². The summed E-state index contributed by atoms with van der Waals surface area (Å²) in [6.45, 7) is 1.16. The Bertz CT molecular complexity index is 828. The van der Waals surface area contributed by atoms with Gasteiger partial charge in [-0.05, 0) is 42.6 Å². The van der Waals surface area contributed by atoms with Gasteiger partial charge in [-0.15, -0.1) is 11.3 Å². The number of nitriles is 1. The molecule has 9 heteroatoms. The first-order chi connectivity index (χ1) is 13.0. The summed E-state index contributed by atoms with van der Waals surface area (Å²) in [6, 6.07) is 11.2. The Labute approximate surface area is 159 Å². The summed E-state index contributed by atoms with van der Waals surface area (Å²) < 4.78 is 10.2. The van der Waals surface area contributed by atoms with Crippen LogP contribution in [0.15, 0.2) is 41.8 Å². The van der Waals surface area contributed by atoms with Crippen molar-refractivity contribution in [1.82, 2.24) is 10.6 Å². The van der Waals surface area contributed by atoms with E-state index in [2.05, 4.69) is 10.6 Å². The SMILES string of the molecule is CC(Oc1ccc(C#N)cc1)C(=O)OCC(=O)NC(=O)NCc1cccs1. The highest BCUT2D eigenvalue weighted by molar-refractivity contribution is 7.09. The molecule has 0 aliphatic carbocycles. The first kappa shape index (κ1) is 19.9. The highest BCUT2D eigenvalue weighted by Gasteiger charge is 2.18. The van der Waals surface area contributed by atoms with Crippen molar-refractivity contribution in [3.63, 3.8) is 0 Å². The second-order valence-corrected chi connectivity index (χ2v) is 6.35. The number of carbonyl (C=O) groups is 3. The molecule has 0 aliphatic rings. The van der Waals surface area contributed by atoms with E-state index >= 15 is 0 Å². The summed E-state index contributed by atoms with van der Waals surface area (Å²) in [4.78, 5) is 36.1. The maximum absolute atomic E-state index is 11.9. The number of hydrogen-bond donors (Lipinski definition) is 2. The van der Waals surface area contributed by atoms with Gasteiger partial charge >= 0.3 is 12.0 Å². The zero-order chi connectivity index (χ0) is 19.6. The van der Waals surface area contributed by atoms with Crippen LogP contribution in [0.2, 0.25) is 0 Å². The Hall–Kier alpha value is -3.38. The molecule has 2 aromatic rings. The lowest BCUT2D eigenvalue weighted by molar-refractivity contribution is -0.154. The lowest BCUT2D eigenvalue weighted by Crippen LogP contribution is -2.41. The number of carbonyl (C=O) groups excluding carboxylic acids is 3. The van der Waals surface area contributed by atoms with Crippen molar-refractivity contribution < 1.29 is 23.9 Å². The Balaban J connectivity index is 1.69. The minimum absolute atomic E-state index is 0.298. The molecule has 2 N–H and O–H groups in total. The topological polar surface area (TPSA) is 118 Å². The number of nitrogens with one attached hydrogen (secondary N) is 2. The van der Waals surface area contributed by atoms with Crippen molar-refractivity contribution in [2.24, 2.45) is 0 Å². The van der Waals surface area contributed by atoms with Crippen molar-refractivity contribution >= 4 is 29.2 Å². The number of esters is 1. The molecule has 0 saturated heterocycles. The normalized spacial score (nSPS) is 11.0. The number of thiophene rings is 1. The van der Waals surface area contributed by atoms with Gasteiger partial charge in [-0.1, -0.05) is 6.07 Å². The average Bonchev–Trinajstić information content (AvgIpc) is 3.18. The van der Waals surface area contributed by atoms with Crippen LogP contribution in [0.25, 0.3) is 0 Å². The van der Waals surface area contributed by atoms with Gasteiger partial charge in [-0.3, -0.25) is 10.1 Å². The fourth-order valence-electron chi connectivity index (χ4n) is 1.90. The predicted octanol–water partition coefficient (Wildman–Crippen LogP) is 1.96. The quantitative estimate of drug-likeness (QED) is 0.701. The van der Waals surface area contributed by atoms with Crippen LogP contribution in [-0.4, -0.2) is 30.6 Å². The Morgan fingerprint density at radius 1 is 1.22 bits per heavy atom. The van der Waals surface area contributed by atoms with Crippen molar-refractivity contribution in [3.05, 3.63) is 52.2 Å². The van der Waals surface area contributed by atoms with E-state index < -0.39 is 30.6 Å². The molecule has 1 aromatic heterocycles. The predicted molar refractivity (Wildman–Crippen MR) is 96.9 cm³/mol. The van der Waals surface area contributed by atoms with Crippen molar-refractivity contribution in [2.75, 3.05) is 6.61 Å². The highest BCUT2D eigenvalue weighted by atomic mass is 32.1. The average molecular weight is 387 g/mol. The summed E-state index contributed by atoms with van der Waals surface area (Å²) in [6.07, 6.45) is -0.960. The van der Waals surface area contributed by atoms with E-state index in [0.717, 1.165) is 4.88 Å². The first-order valence-electron chi connectivity index (χ1n) is 7.91. The number of urea groups is 1. The van der Waals surface area contributed by atoms with Crippen LogP contribution in [0.4, 0.5) is 4.79 Å². The summed E-state index contributed by atoms with van der Waals surface area (Å²) in [5.41, 5.74) is 0.464. The number of imide groups is 1. The molecule has 0 aliphatic heterocycles. The zero-order valence-corrected chi connectivity index (χ0v) is 15.2. The van der Waals surface area contributed by atoms with E-state index in [1.165, 1.54) is 18.3 Å². The van der Waals surface area contributed by atoms with Crippen LogP contribution < -0.4 is 15.4 Å². The number of ether oxygens (including phenoxy) is 2. The lowest BCUT2D eigenvalue weighted by Gasteiger charge is -2.14. The molecule has 1 aromatic carbocycles.